The summed E-state index contributed by atoms with van der Waals surface area (Å²) in [5.74, 6) is -0.511. The van der Waals surface area contributed by atoms with Gasteiger partial charge in [-0.1, -0.05) is 24.6 Å². The van der Waals surface area contributed by atoms with Crippen LogP contribution < -0.4 is 10.1 Å². The lowest BCUT2D eigenvalue weighted by molar-refractivity contribution is -0.145. The molecule has 3 rings (SSSR count). The number of carbonyl (C=O) groups is 2. The summed E-state index contributed by atoms with van der Waals surface area (Å²) in [6.07, 6.45) is 2.29. The zero-order valence-electron chi connectivity index (χ0n) is 15.2. The van der Waals surface area contributed by atoms with Crippen LogP contribution >= 0.6 is 0 Å². The van der Waals surface area contributed by atoms with Gasteiger partial charge in [-0.15, -0.1) is 0 Å². The standard InChI is InChI=1S/C21H22FNO4/c1-2-26-19(24)14-27-18-9-4-8-17(13-18)23-20(25)21(10-5-11-21)15-6-3-7-16(22)12-15/h3-4,6-9,12-13H,2,5,10-11,14H2,1H3,(H,23,25). The Bertz CT molecular complexity index is 832. The van der Waals surface area contributed by atoms with Crippen LogP contribution in [0.3, 0.4) is 0 Å². The van der Waals surface area contributed by atoms with Gasteiger partial charge in [0.15, 0.2) is 6.61 Å². The lowest BCUT2D eigenvalue weighted by atomic mass is 9.63. The molecule has 1 amide bonds. The molecule has 0 heterocycles. The van der Waals surface area contributed by atoms with E-state index in [0.29, 0.717) is 36.4 Å². The molecule has 0 radical (unpaired) electrons. The van der Waals surface area contributed by atoms with Crippen LogP contribution in [0.25, 0.3) is 0 Å². The lowest BCUT2D eigenvalue weighted by Crippen LogP contribution is -2.46. The van der Waals surface area contributed by atoms with Gasteiger partial charge in [0.1, 0.15) is 11.6 Å². The Balaban J connectivity index is 1.70. The van der Waals surface area contributed by atoms with Crippen molar-refractivity contribution in [3.8, 4) is 5.75 Å². The van der Waals surface area contributed by atoms with Gasteiger partial charge in [-0.25, -0.2) is 9.18 Å². The maximum absolute atomic E-state index is 13.6. The Morgan fingerprint density at radius 2 is 1.93 bits per heavy atom. The number of benzene rings is 2. The Labute approximate surface area is 157 Å². The van der Waals surface area contributed by atoms with Crippen molar-refractivity contribution < 1.29 is 23.5 Å². The van der Waals surface area contributed by atoms with Crippen LogP contribution in [0.5, 0.6) is 5.75 Å². The Morgan fingerprint density at radius 1 is 1.15 bits per heavy atom. The summed E-state index contributed by atoms with van der Waals surface area (Å²) in [7, 11) is 0. The van der Waals surface area contributed by atoms with E-state index in [1.54, 1.807) is 43.3 Å². The fourth-order valence-electron chi connectivity index (χ4n) is 3.22. The van der Waals surface area contributed by atoms with Crippen molar-refractivity contribution in [3.63, 3.8) is 0 Å². The number of amides is 1. The van der Waals surface area contributed by atoms with Crippen LogP contribution in [-0.2, 0) is 19.7 Å². The SMILES string of the molecule is CCOC(=O)COc1cccc(NC(=O)C2(c3cccc(F)c3)CCC2)c1. The number of ether oxygens (including phenoxy) is 2. The maximum Gasteiger partial charge on any atom is 0.344 e. The van der Waals surface area contributed by atoms with Gasteiger partial charge < -0.3 is 14.8 Å². The molecule has 5 nitrogen and oxygen atoms in total. The Kier molecular flexibility index (Phi) is 5.74. The maximum atomic E-state index is 13.6. The summed E-state index contributed by atoms with van der Waals surface area (Å²) in [4.78, 5) is 24.3. The minimum Gasteiger partial charge on any atom is -0.482 e. The summed E-state index contributed by atoms with van der Waals surface area (Å²) in [6, 6.07) is 13.0. The van der Waals surface area contributed by atoms with Crippen molar-refractivity contribution in [2.24, 2.45) is 0 Å². The summed E-state index contributed by atoms with van der Waals surface area (Å²) in [6.45, 7) is 1.82. The first-order valence-corrected chi connectivity index (χ1v) is 8.99. The number of esters is 1. The molecule has 1 aliphatic rings. The second-order valence-electron chi connectivity index (χ2n) is 6.52. The molecule has 1 aliphatic carbocycles. The molecular formula is C21H22FNO4. The molecule has 1 fully saturated rings. The number of halogens is 1. The van der Waals surface area contributed by atoms with Gasteiger partial charge in [0.2, 0.25) is 5.91 Å². The van der Waals surface area contributed by atoms with E-state index in [0.717, 1.165) is 6.42 Å². The molecule has 0 bridgehead atoms. The Hall–Kier alpha value is -2.89. The molecular weight excluding hydrogens is 349 g/mol. The quantitative estimate of drug-likeness (QED) is 0.752. The van der Waals surface area contributed by atoms with Gasteiger partial charge in [-0.2, -0.15) is 0 Å². The molecule has 142 valence electrons. The molecule has 2 aromatic carbocycles. The van der Waals surface area contributed by atoms with E-state index in [2.05, 4.69) is 5.32 Å². The van der Waals surface area contributed by atoms with Crippen molar-refractivity contribution in [1.82, 2.24) is 0 Å². The first kappa shape index (κ1) is 18.9. The van der Waals surface area contributed by atoms with Crippen LogP contribution in [0.1, 0.15) is 31.7 Å². The van der Waals surface area contributed by atoms with Crippen molar-refractivity contribution in [2.75, 3.05) is 18.5 Å². The third-order valence-electron chi connectivity index (χ3n) is 4.77. The Morgan fingerprint density at radius 3 is 2.59 bits per heavy atom. The predicted octanol–water partition coefficient (Wildman–Crippen LogP) is 3.83. The normalized spacial score (nSPS) is 14.7. The highest BCUT2D eigenvalue weighted by molar-refractivity contribution is 6.00. The molecule has 2 aromatic rings. The van der Waals surface area contributed by atoms with E-state index in [-0.39, 0.29) is 18.3 Å². The first-order valence-electron chi connectivity index (χ1n) is 8.99. The highest BCUT2D eigenvalue weighted by Gasteiger charge is 2.45. The van der Waals surface area contributed by atoms with Crippen molar-refractivity contribution in [3.05, 3.63) is 59.9 Å². The van der Waals surface area contributed by atoms with E-state index in [4.69, 9.17) is 9.47 Å². The topological polar surface area (TPSA) is 64.6 Å². The predicted molar refractivity (Wildman–Crippen MR) is 99.1 cm³/mol. The van der Waals surface area contributed by atoms with E-state index < -0.39 is 11.4 Å². The smallest absolute Gasteiger partial charge is 0.344 e. The third-order valence-corrected chi connectivity index (χ3v) is 4.77. The first-order chi connectivity index (χ1) is 13.0. The molecule has 1 N–H and O–H groups in total. The average molecular weight is 371 g/mol. The van der Waals surface area contributed by atoms with Crippen molar-refractivity contribution >= 4 is 17.6 Å². The van der Waals surface area contributed by atoms with E-state index in [1.165, 1.54) is 12.1 Å². The van der Waals surface area contributed by atoms with Crippen molar-refractivity contribution in [1.29, 1.82) is 0 Å². The van der Waals surface area contributed by atoms with Crippen LogP contribution in [0, 0.1) is 5.82 Å². The monoisotopic (exact) mass is 371 g/mol. The van der Waals surface area contributed by atoms with Crippen LogP contribution in [0.15, 0.2) is 48.5 Å². The zero-order valence-corrected chi connectivity index (χ0v) is 15.2. The summed E-state index contributed by atoms with van der Waals surface area (Å²) in [5.41, 5.74) is 0.550. The second-order valence-corrected chi connectivity index (χ2v) is 6.52. The van der Waals surface area contributed by atoms with E-state index in [9.17, 15) is 14.0 Å². The molecule has 0 unspecified atom stereocenters. The number of rotatable bonds is 7. The molecule has 6 heteroatoms. The highest BCUT2D eigenvalue weighted by Crippen LogP contribution is 2.44. The second kappa shape index (κ2) is 8.20. The number of nitrogens with one attached hydrogen (secondary N) is 1. The summed E-state index contributed by atoms with van der Waals surface area (Å²) in [5, 5.41) is 2.90. The van der Waals surface area contributed by atoms with Gasteiger partial charge in [0, 0.05) is 11.8 Å². The zero-order chi connectivity index (χ0) is 19.3. The third kappa shape index (κ3) is 4.27. The minimum absolute atomic E-state index is 0.165. The molecule has 0 saturated heterocycles. The summed E-state index contributed by atoms with van der Waals surface area (Å²) >= 11 is 0. The van der Waals surface area contributed by atoms with Gasteiger partial charge in [-0.3, -0.25) is 4.79 Å². The fraction of sp³-hybridized carbons (Fsp3) is 0.333. The largest absolute Gasteiger partial charge is 0.482 e. The molecule has 0 aliphatic heterocycles. The van der Waals surface area contributed by atoms with Gasteiger partial charge in [-0.05, 0) is 49.6 Å². The summed E-state index contributed by atoms with van der Waals surface area (Å²) < 4.78 is 23.8. The molecule has 27 heavy (non-hydrogen) atoms. The fourth-order valence-corrected chi connectivity index (χ4v) is 3.22. The lowest BCUT2D eigenvalue weighted by Gasteiger charge is -2.40. The van der Waals surface area contributed by atoms with E-state index in [1.807, 2.05) is 0 Å². The van der Waals surface area contributed by atoms with Gasteiger partial charge in [0.05, 0.1) is 12.0 Å². The van der Waals surface area contributed by atoms with Crippen LogP contribution in [0.2, 0.25) is 0 Å². The number of carbonyl (C=O) groups excluding carboxylic acids is 2. The van der Waals surface area contributed by atoms with Gasteiger partial charge in [0.25, 0.3) is 0 Å². The molecule has 1 saturated carbocycles. The number of hydrogen-bond acceptors (Lipinski definition) is 4. The number of hydrogen-bond donors (Lipinski definition) is 1. The molecule has 0 spiro atoms. The van der Waals surface area contributed by atoms with Crippen LogP contribution in [0.4, 0.5) is 10.1 Å². The number of anilines is 1. The minimum atomic E-state index is -0.704. The molecule has 0 aromatic heterocycles. The van der Waals surface area contributed by atoms with Crippen molar-refractivity contribution in [2.45, 2.75) is 31.6 Å². The highest BCUT2D eigenvalue weighted by atomic mass is 19.1. The van der Waals surface area contributed by atoms with Gasteiger partial charge >= 0.3 is 5.97 Å². The van der Waals surface area contributed by atoms with Crippen LogP contribution in [-0.4, -0.2) is 25.1 Å². The average Bonchev–Trinajstić information content (AvgIpc) is 2.60. The van der Waals surface area contributed by atoms with E-state index >= 15 is 0 Å². The molecule has 0 atom stereocenters.